The van der Waals surface area contributed by atoms with E-state index in [0.717, 1.165) is 41.9 Å². The molecule has 0 bridgehead atoms. The van der Waals surface area contributed by atoms with E-state index in [9.17, 15) is 28.8 Å². The van der Waals surface area contributed by atoms with Gasteiger partial charge in [-0.2, -0.15) is 0 Å². The number of aliphatic imine (C=N–C) groups is 2. The number of ether oxygens (including phenoxy) is 1. The zero-order valence-corrected chi connectivity index (χ0v) is 22.2. The van der Waals surface area contributed by atoms with E-state index in [4.69, 9.17) is 0 Å². The summed E-state index contributed by atoms with van der Waals surface area (Å²) in [6.45, 7) is 1.32. The van der Waals surface area contributed by atoms with Gasteiger partial charge in [-0.1, -0.05) is 25.7 Å². The van der Waals surface area contributed by atoms with Gasteiger partial charge in [0.2, 0.25) is 18.3 Å². The summed E-state index contributed by atoms with van der Waals surface area (Å²) in [4.78, 5) is 83.2. The number of urea groups is 3. The van der Waals surface area contributed by atoms with Crippen molar-refractivity contribution in [2.75, 3.05) is 39.8 Å². The summed E-state index contributed by atoms with van der Waals surface area (Å²) < 4.78 is 3.85. The zero-order chi connectivity index (χ0) is 27.8. The average molecular weight is 536 g/mol. The highest BCUT2D eigenvalue weighted by Crippen LogP contribution is 2.34. The molecule has 0 aromatic carbocycles. The lowest BCUT2D eigenvalue weighted by Gasteiger charge is -2.45. The smallest absolute Gasteiger partial charge is 0.438 e. The SMILES string of the molecule is COC(=O)NCCCCCCN1C(=O)N(CCCCCCN=C=O)C(=O)[N+]2(CCCCCC2N=C=O)C1=O. The number of quaternary nitrogens is 1. The Morgan fingerprint density at radius 3 is 2.16 bits per heavy atom. The van der Waals surface area contributed by atoms with Crippen LogP contribution in [0.3, 0.4) is 0 Å². The van der Waals surface area contributed by atoms with Gasteiger partial charge in [0.1, 0.15) is 0 Å². The third-order valence-electron chi connectivity index (χ3n) is 7.02. The predicted molar refractivity (Wildman–Crippen MR) is 135 cm³/mol. The lowest BCUT2D eigenvalue weighted by Crippen LogP contribution is -2.76. The number of amides is 7. The molecule has 2 aliphatic rings. The molecule has 2 atom stereocenters. The van der Waals surface area contributed by atoms with Gasteiger partial charge in [-0.05, 0) is 44.9 Å². The first-order valence-electron chi connectivity index (χ1n) is 13.4. The van der Waals surface area contributed by atoms with E-state index in [0.29, 0.717) is 58.0 Å². The number of nitrogens with zero attached hydrogens (tertiary/aromatic N) is 5. The first kappa shape index (κ1) is 30.8. The van der Waals surface area contributed by atoms with Gasteiger partial charge in [0, 0.05) is 26.1 Å². The number of methoxy groups -OCH3 is 1. The molecular formula is C25H39N6O7+. The van der Waals surface area contributed by atoms with Gasteiger partial charge in [0.25, 0.3) is 0 Å². The number of carbonyl (C=O) groups is 4. The summed E-state index contributed by atoms with van der Waals surface area (Å²) in [6, 6.07) is -1.89. The van der Waals surface area contributed by atoms with Crippen LogP contribution < -0.4 is 5.32 Å². The highest BCUT2D eigenvalue weighted by molar-refractivity contribution is 6.06. The maximum atomic E-state index is 13.8. The fourth-order valence-electron chi connectivity index (χ4n) is 4.98. The van der Waals surface area contributed by atoms with Gasteiger partial charge in [0.15, 0.2) is 0 Å². The lowest BCUT2D eigenvalue weighted by atomic mass is 10.1. The Kier molecular flexibility index (Phi) is 13.3. The number of rotatable bonds is 15. The molecule has 2 fully saturated rings. The van der Waals surface area contributed by atoms with Crippen LogP contribution in [0.2, 0.25) is 0 Å². The molecule has 0 saturated carbocycles. The van der Waals surface area contributed by atoms with Gasteiger partial charge in [0.05, 0.1) is 20.2 Å². The summed E-state index contributed by atoms with van der Waals surface area (Å²) in [7, 11) is 1.30. The van der Waals surface area contributed by atoms with Crippen molar-refractivity contribution >= 4 is 36.3 Å². The number of isocyanates is 2. The second-order valence-electron chi connectivity index (χ2n) is 9.51. The second kappa shape index (κ2) is 16.4. The van der Waals surface area contributed by atoms with Gasteiger partial charge >= 0.3 is 24.2 Å². The molecule has 0 radical (unpaired) electrons. The van der Waals surface area contributed by atoms with Crippen LogP contribution >= 0.6 is 0 Å². The predicted octanol–water partition coefficient (Wildman–Crippen LogP) is 3.83. The summed E-state index contributed by atoms with van der Waals surface area (Å²) in [5, 5.41) is 2.61. The number of hydrogen-bond donors (Lipinski definition) is 1. The molecule has 2 saturated heterocycles. The first-order chi connectivity index (χ1) is 18.4. The molecule has 210 valence electrons. The van der Waals surface area contributed by atoms with Crippen LogP contribution in [0.25, 0.3) is 0 Å². The molecular weight excluding hydrogens is 496 g/mol. The molecule has 0 aromatic heterocycles. The number of nitrogens with one attached hydrogen (secondary N) is 1. The van der Waals surface area contributed by atoms with Crippen LogP contribution in [-0.4, -0.2) is 96.6 Å². The van der Waals surface area contributed by atoms with Crippen LogP contribution in [0, 0.1) is 0 Å². The van der Waals surface area contributed by atoms with Crippen LogP contribution in [0.15, 0.2) is 9.98 Å². The van der Waals surface area contributed by atoms with Gasteiger partial charge in [-0.15, -0.1) is 9.48 Å². The van der Waals surface area contributed by atoms with E-state index in [1.807, 2.05) is 0 Å². The molecule has 13 nitrogen and oxygen atoms in total. The Morgan fingerprint density at radius 2 is 1.55 bits per heavy atom. The summed E-state index contributed by atoms with van der Waals surface area (Å²) in [5.74, 6) is 0. The van der Waals surface area contributed by atoms with Crippen molar-refractivity contribution in [2.24, 2.45) is 9.98 Å². The van der Waals surface area contributed by atoms with Gasteiger partial charge in [-0.3, -0.25) is 0 Å². The van der Waals surface area contributed by atoms with E-state index in [1.165, 1.54) is 19.3 Å². The van der Waals surface area contributed by atoms with E-state index in [2.05, 4.69) is 20.0 Å². The number of alkyl carbamates (subject to hydrolysis) is 1. The minimum atomic E-state index is -0.904. The fraction of sp³-hybridized carbons (Fsp3) is 0.760. The summed E-state index contributed by atoms with van der Waals surface area (Å²) in [6.07, 6.45) is 9.61. The number of imide groups is 3. The van der Waals surface area contributed by atoms with Crippen molar-refractivity contribution in [1.29, 1.82) is 0 Å². The second-order valence-corrected chi connectivity index (χ2v) is 9.51. The Hall–Kier alpha value is -3.40. The van der Waals surface area contributed by atoms with Gasteiger partial charge in [-0.25, -0.2) is 43.6 Å². The van der Waals surface area contributed by atoms with Crippen LogP contribution in [0.4, 0.5) is 19.2 Å². The number of unbranched alkanes of at least 4 members (excludes halogenated alkanes) is 6. The largest absolute Gasteiger partial charge is 0.453 e. The topological polar surface area (TPSA) is 155 Å². The molecule has 2 unspecified atom stereocenters. The maximum Gasteiger partial charge on any atom is 0.438 e. The minimum absolute atomic E-state index is 0.146. The number of hydrogen-bond acceptors (Lipinski definition) is 9. The molecule has 7 amide bonds. The molecule has 38 heavy (non-hydrogen) atoms. The third-order valence-corrected chi connectivity index (χ3v) is 7.02. The van der Waals surface area contributed by atoms with E-state index in [1.54, 1.807) is 0 Å². The summed E-state index contributed by atoms with van der Waals surface area (Å²) >= 11 is 0. The quantitative estimate of drug-likeness (QED) is 0.145. The molecule has 2 rings (SSSR count). The van der Waals surface area contributed by atoms with Crippen LogP contribution in [0.1, 0.15) is 77.0 Å². The Bertz CT molecular complexity index is 931. The van der Waals surface area contributed by atoms with Crippen LogP contribution in [-0.2, 0) is 14.3 Å². The molecule has 2 heterocycles. The summed E-state index contributed by atoms with van der Waals surface area (Å²) in [5.41, 5.74) is 0. The number of carbonyl (C=O) groups excluding carboxylic acids is 6. The zero-order valence-electron chi connectivity index (χ0n) is 22.2. The molecule has 0 aromatic rings. The Labute approximate surface area is 222 Å². The molecule has 0 aliphatic carbocycles. The van der Waals surface area contributed by atoms with Crippen molar-refractivity contribution in [3.8, 4) is 0 Å². The van der Waals surface area contributed by atoms with Crippen molar-refractivity contribution in [3.05, 3.63) is 0 Å². The molecule has 1 N–H and O–H groups in total. The van der Waals surface area contributed by atoms with Crippen molar-refractivity contribution in [3.63, 3.8) is 0 Å². The monoisotopic (exact) mass is 535 g/mol. The van der Waals surface area contributed by atoms with Crippen LogP contribution in [0.5, 0.6) is 0 Å². The Balaban J connectivity index is 2.12. The third kappa shape index (κ3) is 8.05. The van der Waals surface area contributed by atoms with Gasteiger partial charge < -0.3 is 10.1 Å². The van der Waals surface area contributed by atoms with Crippen molar-refractivity contribution < 1.29 is 38.0 Å². The highest BCUT2D eigenvalue weighted by atomic mass is 16.5. The molecule has 13 heteroatoms. The maximum absolute atomic E-state index is 13.8. The van der Waals surface area contributed by atoms with E-state index >= 15 is 0 Å². The Morgan fingerprint density at radius 1 is 0.921 bits per heavy atom. The first-order valence-corrected chi connectivity index (χ1v) is 13.4. The minimum Gasteiger partial charge on any atom is -0.453 e. The van der Waals surface area contributed by atoms with Crippen molar-refractivity contribution in [1.82, 2.24) is 15.1 Å². The standard InChI is InChI=1S/C25H38N6O7/c1-38-22(34)27-15-9-3-5-11-17-30-23(35)29(16-10-4-2-8-14-26-19-32)24(36)31(25(30)37)18-12-6-7-13-21(31)28-20-33/h21H,2-18H2,1H3/p+1. The van der Waals surface area contributed by atoms with E-state index < -0.39 is 34.8 Å². The lowest BCUT2D eigenvalue weighted by molar-refractivity contribution is -0.803. The fourth-order valence-corrected chi connectivity index (χ4v) is 4.98. The molecule has 1 spiro atoms. The van der Waals surface area contributed by atoms with Crippen molar-refractivity contribution in [2.45, 2.75) is 83.2 Å². The van der Waals surface area contributed by atoms with E-state index in [-0.39, 0.29) is 19.6 Å². The average Bonchev–Trinajstić information content (AvgIpc) is 3.13. The highest BCUT2D eigenvalue weighted by Gasteiger charge is 2.62. The molecule has 2 aliphatic heterocycles. The normalized spacial score (nSPS) is 21.5.